The van der Waals surface area contributed by atoms with Crippen LogP contribution in [0.15, 0.2) is 24.3 Å². The van der Waals surface area contributed by atoms with Crippen molar-refractivity contribution in [3.8, 4) is 11.8 Å². The fraction of sp³-hybridized carbons (Fsp3) is 0.111. The van der Waals surface area contributed by atoms with Gasteiger partial charge in [-0.05, 0) is 52.8 Å². The van der Waals surface area contributed by atoms with Gasteiger partial charge < -0.3 is 0 Å². The van der Waals surface area contributed by atoms with Crippen LogP contribution >= 0.6 is 22.6 Å². The number of hydrogen-bond acceptors (Lipinski definition) is 2. The molecule has 0 amide bonds. The van der Waals surface area contributed by atoms with Crippen LogP contribution < -0.4 is 0 Å². The summed E-state index contributed by atoms with van der Waals surface area (Å²) in [6.07, 6.45) is 0. The maximum absolute atomic E-state index is 9.95. The summed E-state index contributed by atoms with van der Waals surface area (Å²) < 4.78 is 1.12. The number of nitro groups is 1. The smallest absolute Gasteiger partial charge is 0.263 e. The second kappa shape index (κ2) is 4.82. The van der Waals surface area contributed by atoms with Crippen molar-refractivity contribution >= 4 is 22.6 Å². The molecular weight excluding hydrogens is 281 g/mol. The van der Waals surface area contributed by atoms with Gasteiger partial charge in [-0.1, -0.05) is 5.92 Å². The van der Waals surface area contributed by atoms with Crippen LogP contribution in [0.1, 0.15) is 5.56 Å². The maximum Gasteiger partial charge on any atom is 0.263 e. The lowest BCUT2D eigenvalue weighted by Crippen LogP contribution is -1.96. The Kier molecular flexibility index (Phi) is 3.71. The molecule has 1 rings (SSSR count). The van der Waals surface area contributed by atoms with Crippen LogP contribution in [0.2, 0.25) is 0 Å². The first-order valence-corrected chi connectivity index (χ1v) is 4.62. The van der Waals surface area contributed by atoms with Crippen molar-refractivity contribution in [3.63, 3.8) is 0 Å². The number of hydrogen-bond donors (Lipinski definition) is 0. The van der Waals surface area contributed by atoms with E-state index < -0.39 is 4.92 Å². The van der Waals surface area contributed by atoms with Crippen LogP contribution in [0.4, 0.5) is 0 Å². The zero-order valence-electron chi connectivity index (χ0n) is 6.66. The van der Waals surface area contributed by atoms with Gasteiger partial charge in [-0.15, -0.1) is 0 Å². The summed E-state index contributed by atoms with van der Waals surface area (Å²) in [5.41, 5.74) is 0.808. The Balaban J connectivity index is 2.67. The lowest BCUT2D eigenvalue weighted by Gasteiger charge is -1.89. The second-order valence-electron chi connectivity index (χ2n) is 2.30. The Bertz CT molecular complexity index is 361. The number of halogens is 1. The minimum atomic E-state index is -0.445. The van der Waals surface area contributed by atoms with Gasteiger partial charge in [0.1, 0.15) is 0 Å². The zero-order valence-corrected chi connectivity index (χ0v) is 8.82. The molecule has 0 atom stereocenters. The fourth-order valence-corrected chi connectivity index (χ4v) is 1.10. The highest BCUT2D eigenvalue weighted by molar-refractivity contribution is 14.1. The largest absolute Gasteiger partial charge is 0.264 e. The predicted octanol–water partition coefficient (Wildman–Crippen LogP) is 1.92. The molecule has 0 aliphatic heterocycles. The normalized spacial score (nSPS) is 8.69. The number of rotatable bonds is 1. The fourth-order valence-electron chi connectivity index (χ4n) is 0.739. The molecule has 0 saturated carbocycles. The summed E-state index contributed by atoms with van der Waals surface area (Å²) in [4.78, 5) is 9.50. The molecule has 0 aliphatic rings. The number of nitrogens with zero attached hydrogens (tertiary/aromatic N) is 1. The standard InChI is InChI=1S/C9H6INO2/c10-9-5-3-8(4-6-9)2-1-7-11(12)13/h3-6H,7H2. The topological polar surface area (TPSA) is 43.1 Å². The van der Waals surface area contributed by atoms with E-state index in [-0.39, 0.29) is 6.54 Å². The lowest BCUT2D eigenvalue weighted by molar-refractivity contribution is -0.466. The molecule has 0 radical (unpaired) electrons. The molecule has 13 heavy (non-hydrogen) atoms. The second-order valence-corrected chi connectivity index (χ2v) is 3.55. The minimum Gasteiger partial charge on any atom is -0.264 e. The van der Waals surface area contributed by atoms with Crippen LogP contribution in [0, 0.1) is 25.5 Å². The Hall–Kier alpha value is -1.09. The predicted molar refractivity (Wildman–Crippen MR) is 57.9 cm³/mol. The molecule has 0 bridgehead atoms. The maximum atomic E-state index is 9.95. The molecule has 66 valence electrons. The van der Waals surface area contributed by atoms with Gasteiger partial charge in [-0.3, -0.25) is 10.1 Å². The van der Waals surface area contributed by atoms with Gasteiger partial charge in [-0.25, -0.2) is 0 Å². The first kappa shape index (κ1) is 9.99. The summed E-state index contributed by atoms with van der Waals surface area (Å²) >= 11 is 2.19. The van der Waals surface area contributed by atoms with Gasteiger partial charge in [0.25, 0.3) is 6.54 Å². The van der Waals surface area contributed by atoms with E-state index in [0.717, 1.165) is 9.13 Å². The van der Waals surface area contributed by atoms with Gasteiger partial charge in [0.15, 0.2) is 0 Å². The van der Waals surface area contributed by atoms with Gasteiger partial charge in [0.05, 0.1) is 0 Å². The third-order valence-corrected chi connectivity index (χ3v) is 2.00. The molecule has 0 unspecified atom stereocenters. The first-order valence-electron chi connectivity index (χ1n) is 3.55. The summed E-state index contributed by atoms with van der Waals surface area (Å²) in [5.74, 6) is 5.18. The van der Waals surface area contributed by atoms with Crippen LogP contribution in [0.5, 0.6) is 0 Å². The molecule has 0 aliphatic carbocycles. The van der Waals surface area contributed by atoms with E-state index in [9.17, 15) is 10.1 Å². The molecule has 0 aromatic heterocycles. The summed E-state index contributed by atoms with van der Waals surface area (Å²) in [7, 11) is 0. The molecule has 0 spiro atoms. The molecule has 0 saturated heterocycles. The van der Waals surface area contributed by atoms with Crippen molar-refractivity contribution in [3.05, 3.63) is 43.5 Å². The Morgan fingerprint density at radius 1 is 1.38 bits per heavy atom. The first-order chi connectivity index (χ1) is 6.18. The van der Waals surface area contributed by atoms with Crippen molar-refractivity contribution in [1.82, 2.24) is 0 Å². The lowest BCUT2D eigenvalue weighted by atomic mass is 10.2. The summed E-state index contributed by atoms with van der Waals surface area (Å²) in [5, 5.41) is 9.95. The van der Waals surface area contributed by atoms with E-state index in [1.807, 2.05) is 24.3 Å². The van der Waals surface area contributed by atoms with Crippen molar-refractivity contribution in [2.24, 2.45) is 0 Å². The van der Waals surface area contributed by atoms with E-state index in [2.05, 4.69) is 34.4 Å². The van der Waals surface area contributed by atoms with E-state index in [0.29, 0.717) is 0 Å². The summed E-state index contributed by atoms with van der Waals surface area (Å²) in [6, 6.07) is 7.51. The van der Waals surface area contributed by atoms with Crippen molar-refractivity contribution < 1.29 is 4.92 Å². The third kappa shape index (κ3) is 3.90. The zero-order chi connectivity index (χ0) is 9.68. The van der Waals surface area contributed by atoms with Gasteiger partial charge in [0.2, 0.25) is 0 Å². The molecular formula is C9H6INO2. The monoisotopic (exact) mass is 287 g/mol. The van der Waals surface area contributed by atoms with E-state index in [1.54, 1.807) is 0 Å². The minimum absolute atomic E-state index is 0.300. The quantitative estimate of drug-likeness (QED) is 0.343. The Morgan fingerprint density at radius 2 is 2.00 bits per heavy atom. The Labute approximate surface area is 89.4 Å². The van der Waals surface area contributed by atoms with Crippen LogP contribution in [-0.4, -0.2) is 11.5 Å². The van der Waals surface area contributed by atoms with E-state index >= 15 is 0 Å². The van der Waals surface area contributed by atoms with Crippen molar-refractivity contribution in [1.29, 1.82) is 0 Å². The van der Waals surface area contributed by atoms with E-state index in [1.165, 1.54) is 0 Å². The van der Waals surface area contributed by atoms with Crippen molar-refractivity contribution in [2.75, 3.05) is 6.54 Å². The number of benzene rings is 1. The Morgan fingerprint density at radius 3 is 2.54 bits per heavy atom. The molecule has 1 aromatic rings. The average Bonchev–Trinajstić information content (AvgIpc) is 2.08. The molecule has 3 nitrogen and oxygen atoms in total. The van der Waals surface area contributed by atoms with Crippen LogP contribution in [0.3, 0.4) is 0 Å². The highest BCUT2D eigenvalue weighted by Crippen LogP contribution is 2.05. The SMILES string of the molecule is O=[N+]([O-])CC#Cc1ccc(I)cc1. The molecule has 1 aromatic carbocycles. The molecule has 4 heteroatoms. The van der Waals surface area contributed by atoms with E-state index in [4.69, 9.17) is 0 Å². The van der Waals surface area contributed by atoms with Crippen LogP contribution in [-0.2, 0) is 0 Å². The third-order valence-electron chi connectivity index (χ3n) is 1.29. The highest BCUT2D eigenvalue weighted by Gasteiger charge is 1.89. The van der Waals surface area contributed by atoms with Gasteiger partial charge >= 0.3 is 0 Å². The van der Waals surface area contributed by atoms with Crippen molar-refractivity contribution in [2.45, 2.75) is 0 Å². The van der Waals surface area contributed by atoms with Gasteiger partial charge in [-0.2, -0.15) is 0 Å². The molecule has 0 fully saturated rings. The van der Waals surface area contributed by atoms with Crippen LogP contribution in [0.25, 0.3) is 0 Å². The molecule has 0 N–H and O–H groups in total. The summed E-state index contributed by atoms with van der Waals surface area (Å²) in [6.45, 7) is -0.300. The van der Waals surface area contributed by atoms with Gasteiger partial charge in [0, 0.05) is 14.1 Å². The molecule has 0 heterocycles. The average molecular weight is 287 g/mol. The highest BCUT2D eigenvalue weighted by atomic mass is 127.